The molecule has 0 bridgehead atoms. The van der Waals surface area contributed by atoms with Crippen LogP contribution in [-0.4, -0.2) is 22.8 Å². The van der Waals surface area contributed by atoms with Gasteiger partial charge in [-0.1, -0.05) is 34.6 Å². The highest BCUT2D eigenvalue weighted by atomic mass is 32.1. The van der Waals surface area contributed by atoms with E-state index in [-0.39, 0.29) is 17.2 Å². The lowest BCUT2D eigenvalue weighted by molar-refractivity contribution is -0.126. The van der Waals surface area contributed by atoms with Crippen LogP contribution in [0.4, 0.5) is 0 Å². The zero-order chi connectivity index (χ0) is 16.2. The summed E-state index contributed by atoms with van der Waals surface area (Å²) >= 11 is 1.54. The molecule has 0 radical (unpaired) electrons. The van der Waals surface area contributed by atoms with Crippen molar-refractivity contribution in [2.45, 2.75) is 46.1 Å². The van der Waals surface area contributed by atoms with E-state index in [4.69, 9.17) is 5.73 Å². The standard InChI is InChI=1S/C15H23N3O2S/c1-9(2)12(13(16)20)18-11(19)7-6-10-8-17-14(21-10)15(3,4)5/h6-9,12H,1-5H3,(H2,16,20)(H,18,19)/b7-6+/t12-/m1/s1. The third-order valence-electron chi connectivity index (χ3n) is 2.84. The van der Waals surface area contributed by atoms with Gasteiger partial charge in [-0.15, -0.1) is 11.3 Å². The first-order valence-electron chi connectivity index (χ1n) is 6.85. The lowest BCUT2D eigenvalue weighted by Crippen LogP contribution is -2.47. The summed E-state index contributed by atoms with van der Waals surface area (Å²) in [6.07, 6.45) is 4.84. The lowest BCUT2D eigenvalue weighted by atomic mass is 9.98. The minimum Gasteiger partial charge on any atom is -0.368 e. The number of rotatable bonds is 5. The predicted molar refractivity (Wildman–Crippen MR) is 85.8 cm³/mol. The molecule has 116 valence electrons. The highest BCUT2D eigenvalue weighted by Crippen LogP contribution is 2.27. The molecule has 1 aromatic rings. The second kappa shape index (κ2) is 6.85. The van der Waals surface area contributed by atoms with Crippen LogP contribution >= 0.6 is 11.3 Å². The Labute approximate surface area is 129 Å². The minimum absolute atomic E-state index is 0.00623. The second-order valence-electron chi connectivity index (χ2n) is 6.28. The molecule has 1 heterocycles. The number of hydrogen-bond donors (Lipinski definition) is 2. The Balaban J connectivity index is 2.70. The summed E-state index contributed by atoms with van der Waals surface area (Å²) in [6, 6.07) is -0.659. The Kier molecular flexibility index (Phi) is 5.66. The summed E-state index contributed by atoms with van der Waals surface area (Å²) in [5.74, 6) is -0.909. The van der Waals surface area contributed by atoms with Gasteiger partial charge in [-0.3, -0.25) is 9.59 Å². The normalized spacial score (nSPS) is 13.6. The van der Waals surface area contributed by atoms with Gasteiger partial charge in [-0.05, 0) is 12.0 Å². The number of hydrogen-bond acceptors (Lipinski definition) is 4. The molecule has 0 aliphatic carbocycles. The molecule has 0 saturated carbocycles. The van der Waals surface area contributed by atoms with Crippen LogP contribution in [0.15, 0.2) is 12.3 Å². The number of carbonyl (C=O) groups excluding carboxylic acids is 2. The Hall–Kier alpha value is -1.69. The zero-order valence-electron chi connectivity index (χ0n) is 13.1. The molecule has 3 N–H and O–H groups in total. The summed E-state index contributed by atoms with van der Waals surface area (Å²) < 4.78 is 0. The van der Waals surface area contributed by atoms with Gasteiger partial charge in [-0.25, -0.2) is 4.98 Å². The van der Waals surface area contributed by atoms with E-state index in [1.54, 1.807) is 23.6 Å². The molecule has 1 rings (SSSR count). The fourth-order valence-electron chi connectivity index (χ4n) is 1.64. The number of aromatic nitrogens is 1. The molecule has 1 atom stereocenters. The maximum Gasteiger partial charge on any atom is 0.244 e. The van der Waals surface area contributed by atoms with E-state index in [2.05, 4.69) is 31.1 Å². The van der Waals surface area contributed by atoms with Gasteiger partial charge >= 0.3 is 0 Å². The average molecular weight is 309 g/mol. The maximum atomic E-state index is 11.8. The molecule has 0 unspecified atom stereocenters. The fraction of sp³-hybridized carbons (Fsp3) is 0.533. The van der Waals surface area contributed by atoms with Gasteiger partial charge in [0.05, 0.1) is 5.01 Å². The monoisotopic (exact) mass is 309 g/mol. The van der Waals surface area contributed by atoms with Crippen molar-refractivity contribution >= 4 is 29.2 Å². The molecule has 0 aliphatic rings. The summed E-state index contributed by atoms with van der Waals surface area (Å²) in [6.45, 7) is 9.93. The van der Waals surface area contributed by atoms with Crippen LogP contribution < -0.4 is 11.1 Å². The van der Waals surface area contributed by atoms with Gasteiger partial charge in [0.1, 0.15) is 6.04 Å². The minimum atomic E-state index is -0.659. The van der Waals surface area contributed by atoms with E-state index in [9.17, 15) is 9.59 Å². The Morgan fingerprint density at radius 1 is 1.38 bits per heavy atom. The van der Waals surface area contributed by atoms with Gasteiger partial charge in [-0.2, -0.15) is 0 Å². The molecule has 0 aliphatic heterocycles. The van der Waals surface area contributed by atoms with Crippen molar-refractivity contribution in [3.63, 3.8) is 0 Å². The van der Waals surface area contributed by atoms with Crippen molar-refractivity contribution in [3.8, 4) is 0 Å². The summed E-state index contributed by atoms with van der Waals surface area (Å²) in [7, 11) is 0. The second-order valence-corrected chi connectivity index (χ2v) is 7.35. The van der Waals surface area contributed by atoms with Gasteiger partial charge in [0.25, 0.3) is 0 Å². The average Bonchev–Trinajstić information content (AvgIpc) is 2.81. The van der Waals surface area contributed by atoms with E-state index in [1.807, 2.05) is 13.8 Å². The molecule has 0 aromatic carbocycles. The van der Waals surface area contributed by atoms with Crippen LogP contribution in [-0.2, 0) is 15.0 Å². The lowest BCUT2D eigenvalue weighted by Gasteiger charge is -2.17. The number of nitrogens with two attached hydrogens (primary N) is 1. The SMILES string of the molecule is CC(C)[C@@H](NC(=O)/C=C/c1cnc(C(C)(C)C)s1)C(N)=O. The summed E-state index contributed by atoms with van der Waals surface area (Å²) in [5, 5.41) is 3.62. The highest BCUT2D eigenvalue weighted by Gasteiger charge is 2.20. The van der Waals surface area contributed by atoms with Crippen molar-refractivity contribution in [2.24, 2.45) is 11.7 Å². The molecule has 21 heavy (non-hydrogen) atoms. The highest BCUT2D eigenvalue weighted by molar-refractivity contribution is 7.12. The maximum absolute atomic E-state index is 11.8. The number of amides is 2. The first kappa shape index (κ1) is 17.4. The van der Waals surface area contributed by atoms with Crippen LogP contribution in [0, 0.1) is 5.92 Å². The van der Waals surface area contributed by atoms with Crippen molar-refractivity contribution in [3.05, 3.63) is 22.2 Å². The predicted octanol–water partition coefficient (Wildman–Crippen LogP) is 2.08. The molecular formula is C15H23N3O2S. The van der Waals surface area contributed by atoms with Gasteiger partial charge in [0, 0.05) is 22.6 Å². The van der Waals surface area contributed by atoms with E-state index >= 15 is 0 Å². The van der Waals surface area contributed by atoms with Crippen molar-refractivity contribution < 1.29 is 9.59 Å². The topological polar surface area (TPSA) is 85.1 Å². The van der Waals surface area contributed by atoms with E-state index < -0.39 is 11.9 Å². The zero-order valence-corrected chi connectivity index (χ0v) is 14.0. The van der Waals surface area contributed by atoms with E-state index in [0.29, 0.717) is 0 Å². The van der Waals surface area contributed by atoms with Crippen LogP contribution in [0.3, 0.4) is 0 Å². The quantitative estimate of drug-likeness (QED) is 0.817. The molecular weight excluding hydrogens is 286 g/mol. The molecule has 0 saturated heterocycles. The Morgan fingerprint density at radius 3 is 2.43 bits per heavy atom. The van der Waals surface area contributed by atoms with Crippen LogP contribution in [0.2, 0.25) is 0 Å². The number of carbonyl (C=O) groups is 2. The van der Waals surface area contributed by atoms with Crippen LogP contribution in [0.1, 0.15) is 44.5 Å². The Bertz CT molecular complexity index is 541. The van der Waals surface area contributed by atoms with Crippen LogP contribution in [0.25, 0.3) is 6.08 Å². The van der Waals surface area contributed by atoms with E-state index in [0.717, 1.165) is 9.88 Å². The number of thiazole rings is 1. The molecule has 0 spiro atoms. The van der Waals surface area contributed by atoms with Crippen molar-refractivity contribution in [1.29, 1.82) is 0 Å². The molecule has 5 nitrogen and oxygen atoms in total. The summed E-state index contributed by atoms with van der Waals surface area (Å²) in [5.41, 5.74) is 5.25. The third-order valence-corrected chi connectivity index (χ3v) is 4.22. The summed E-state index contributed by atoms with van der Waals surface area (Å²) in [4.78, 5) is 28.3. The molecule has 2 amide bonds. The number of nitrogens with one attached hydrogen (secondary N) is 1. The smallest absolute Gasteiger partial charge is 0.244 e. The van der Waals surface area contributed by atoms with Gasteiger partial charge in [0.15, 0.2) is 0 Å². The first-order valence-corrected chi connectivity index (χ1v) is 7.67. The molecule has 1 aromatic heterocycles. The number of nitrogens with zero attached hydrogens (tertiary/aromatic N) is 1. The van der Waals surface area contributed by atoms with Crippen molar-refractivity contribution in [2.75, 3.05) is 0 Å². The van der Waals surface area contributed by atoms with Crippen molar-refractivity contribution in [1.82, 2.24) is 10.3 Å². The van der Waals surface area contributed by atoms with E-state index in [1.165, 1.54) is 6.08 Å². The fourth-order valence-corrected chi connectivity index (χ4v) is 2.51. The largest absolute Gasteiger partial charge is 0.368 e. The van der Waals surface area contributed by atoms with Gasteiger partial charge in [0.2, 0.25) is 11.8 Å². The number of primary amides is 1. The molecule has 0 fully saturated rings. The van der Waals surface area contributed by atoms with Crippen LogP contribution in [0.5, 0.6) is 0 Å². The Morgan fingerprint density at radius 2 is 2.00 bits per heavy atom. The third kappa shape index (κ3) is 5.30. The van der Waals surface area contributed by atoms with Gasteiger partial charge < -0.3 is 11.1 Å². The first-order chi connectivity index (χ1) is 9.61. The molecule has 6 heteroatoms.